The Labute approximate surface area is 200 Å². The van der Waals surface area contributed by atoms with E-state index in [9.17, 15) is 27.9 Å². The molecule has 0 saturated heterocycles. The third-order valence-corrected chi connectivity index (χ3v) is 5.38. The highest BCUT2D eigenvalue weighted by molar-refractivity contribution is 6.30. The molecule has 0 amide bonds. The van der Waals surface area contributed by atoms with Gasteiger partial charge in [-0.1, -0.05) is 44.5 Å². The van der Waals surface area contributed by atoms with Crippen LogP contribution in [0.4, 0.5) is 13.2 Å². The lowest BCUT2D eigenvalue weighted by atomic mass is 9.87. The number of halogens is 4. The minimum absolute atomic E-state index is 0.0117. The molecule has 2 rings (SSSR count). The predicted octanol–water partition coefficient (Wildman–Crippen LogP) is 4.58. The zero-order chi connectivity index (χ0) is 25.6. The number of hydrogen-bond donors (Lipinski definition) is 1. The standard InChI is InChI=1S/C24H26ClF3N2O4/c1-5-34-23(33)16(11-29-18(12-31)24(2,3)4)20(32)15-10-14(21(27)30-22(15)28)9-13-7-6-8-17(25)19(13)26/h6-8,10-11,16,18,31H,5,9,12H2,1-4H3/t16?,18-/m1/s1. The molecule has 6 nitrogen and oxygen atoms in total. The number of Topliss-reactive ketones (excluding diaryl/α,β-unsaturated/α-hetero) is 1. The summed E-state index contributed by atoms with van der Waals surface area (Å²) < 4.78 is 48.1. The first kappa shape index (κ1) is 27.5. The number of benzene rings is 1. The molecule has 34 heavy (non-hydrogen) atoms. The third kappa shape index (κ3) is 6.64. The molecule has 2 aromatic rings. The summed E-state index contributed by atoms with van der Waals surface area (Å²) in [6.07, 6.45) is 0.631. The molecule has 0 aliphatic carbocycles. The van der Waals surface area contributed by atoms with E-state index >= 15 is 0 Å². The fourth-order valence-corrected chi connectivity index (χ4v) is 3.26. The highest BCUT2D eigenvalue weighted by Gasteiger charge is 2.32. The van der Waals surface area contributed by atoms with Gasteiger partial charge in [-0.25, -0.2) is 4.39 Å². The Balaban J connectivity index is 2.48. The Morgan fingerprint density at radius 2 is 1.88 bits per heavy atom. The Kier molecular flexibility index (Phi) is 9.35. The van der Waals surface area contributed by atoms with E-state index in [-0.39, 0.29) is 35.8 Å². The summed E-state index contributed by atoms with van der Waals surface area (Å²) in [7, 11) is 0. The summed E-state index contributed by atoms with van der Waals surface area (Å²) in [5.41, 5.74) is -1.43. The molecule has 0 bridgehead atoms. The van der Waals surface area contributed by atoms with Crippen LogP contribution in [0, 0.1) is 29.0 Å². The van der Waals surface area contributed by atoms with Crippen LogP contribution in [0.25, 0.3) is 0 Å². The first-order valence-corrected chi connectivity index (χ1v) is 10.9. The van der Waals surface area contributed by atoms with E-state index in [1.54, 1.807) is 20.8 Å². The van der Waals surface area contributed by atoms with Crippen molar-refractivity contribution in [3.63, 3.8) is 0 Å². The van der Waals surface area contributed by atoms with Gasteiger partial charge in [-0.05, 0) is 30.0 Å². The fraction of sp³-hybridized carbons (Fsp3) is 0.417. The number of ether oxygens (including phenoxy) is 1. The maximum Gasteiger partial charge on any atom is 0.322 e. The molecule has 1 aromatic carbocycles. The van der Waals surface area contributed by atoms with Crippen molar-refractivity contribution in [1.29, 1.82) is 0 Å². The summed E-state index contributed by atoms with van der Waals surface area (Å²) in [6, 6.07) is 4.36. The van der Waals surface area contributed by atoms with E-state index in [0.717, 1.165) is 12.3 Å². The second-order valence-electron chi connectivity index (χ2n) is 8.62. The fourth-order valence-electron chi connectivity index (χ4n) is 3.07. The largest absolute Gasteiger partial charge is 0.465 e. The first-order chi connectivity index (χ1) is 15.9. The van der Waals surface area contributed by atoms with Crippen LogP contribution in [-0.4, -0.2) is 47.3 Å². The van der Waals surface area contributed by atoms with Crippen molar-refractivity contribution in [2.24, 2.45) is 16.3 Å². The molecule has 0 fully saturated rings. The maximum atomic E-state index is 14.5. The minimum atomic E-state index is -1.66. The lowest BCUT2D eigenvalue weighted by Gasteiger charge is -2.25. The van der Waals surface area contributed by atoms with Gasteiger partial charge in [0.25, 0.3) is 0 Å². The molecule has 0 aliphatic rings. The Hall–Kier alpha value is -2.78. The second-order valence-corrected chi connectivity index (χ2v) is 9.03. The van der Waals surface area contributed by atoms with Crippen LogP contribution >= 0.6 is 11.6 Å². The number of aliphatic imine (C=N–C) groups is 1. The van der Waals surface area contributed by atoms with Crippen molar-refractivity contribution < 1.29 is 32.6 Å². The summed E-state index contributed by atoms with van der Waals surface area (Å²) >= 11 is 5.75. The van der Waals surface area contributed by atoms with Crippen LogP contribution < -0.4 is 0 Å². The topological polar surface area (TPSA) is 88.9 Å². The van der Waals surface area contributed by atoms with Gasteiger partial charge in [0.15, 0.2) is 11.7 Å². The van der Waals surface area contributed by atoms with Gasteiger partial charge in [0.2, 0.25) is 11.9 Å². The molecular formula is C24H26ClF3N2O4. The molecular weight excluding hydrogens is 473 g/mol. The number of pyridine rings is 1. The van der Waals surface area contributed by atoms with Crippen LogP contribution in [0.3, 0.4) is 0 Å². The Bertz CT molecular complexity index is 1090. The van der Waals surface area contributed by atoms with Crippen molar-refractivity contribution in [2.45, 2.75) is 40.2 Å². The number of ketones is 1. The van der Waals surface area contributed by atoms with Crippen LogP contribution in [0.15, 0.2) is 29.3 Å². The van der Waals surface area contributed by atoms with Gasteiger partial charge < -0.3 is 9.84 Å². The molecule has 0 saturated carbocycles. The first-order valence-electron chi connectivity index (χ1n) is 10.5. The van der Waals surface area contributed by atoms with E-state index in [4.69, 9.17) is 16.3 Å². The number of hydrogen-bond acceptors (Lipinski definition) is 6. The lowest BCUT2D eigenvalue weighted by molar-refractivity contribution is -0.144. The van der Waals surface area contributed by atoms with Crippen LogP contribution in [0.5, 0.6) is 0 Å². The predicted molar refractivity (Wildman–Crippen MR) is 122 cm³/mol. The number of aliphatic hydroxyl groups excluding tert-OH is 1. The minimum Gasteiger partial charge on any atom is -0.465 e. The number of esters is 1. The normalized spacial score (nSPS) is 13.7. The average Bonchev–Trinajstić information content (AvgIpc) is 2.75. The molecule has 1 heterocycles. The zero-order valence-corrected chi connectivity index (χ0v) is 20.0. The Morgan fingerprint density at radius 3 is 2.47 bits per heavy atom. The summed E-state index contributed by atoms with van der Waals surface area (Å²) in [5.74, 6) is -7.17. The van der Waals surface area contributed by atoms with Gasteiger partial charge in [-0.3, -0.25) is 14.6 Å². The Morgan fingerprint density at radius 1 is 1.21 bits per heavy atom. The zero-order valence-electron chi connectivity index (χ0n) is 19.2. The van der Waals surface area contributed by atoms with Crippen molar-refractivity contribution >= 4 is 29.6 Å². The average molecular weight is 499 g/mol. The molecule has 0 spiro atoms. The smallest absolute Gasteiger partial charge is 0.322 e. The monoisotopic (exact) mass is 498 g/mol. The summed E-state index contributed by atoms with van der Waals surface area (Å²) in [5, 5.41) is 9.42. The maximum absolute atomic E-state index is 14.5. The van der Waals surface area contributed by atoms with Gasteiger partial charge in [0.05, 0.1) is 29.8 Å². The number of carbonyl (C=O) groups excluding carboxylic acids is 2. The number of carbonyl (C=O) groups is 2. The van der Waals surface area contributed by atoms with Gasteiger partial charge in [-0.2, -0.15) is 13.8 Å². The second kappa shape index (κ2) is 11.6. The number of aromatic nitrogens is 1. The van der Waals surface area contributed by atoms with Crippen LogP contribution in [0.1, 0.15) is 49.2 Å². The van der Waals surface area contributed by atoms with Gasteiger partial charge >= 0.3 is 5.97 Å². The molecule has 1 aromatic heterocycles. The third-order valence-electron chi connectivity index (χ3n) is 5.09. The SMILES string of the molecule is CCOC(=O)C(C=N[C@H](CO)C(C)(C)C)C(=O)c1cc(Cc2cccc(Cl)c2F)c(F)nc1F. The highest BCUT2D eigenvalue weighted by Crippen LogP contribution is 2.25. The molecule has 1 unspecified atom stereocenters. The molecule has 184 valence electrons. The van der Waals surface area contributed by atoms with Crippen molar-refractivity contribution in [3.05, 3.63) is 63.7 Å². The van der Waals surface area contributed by atoms with E-state index < -0.39 is 52.4 Å². The van der Waals surface area contributed by atoms with Crippen LogP contribution in [-0.2, 0) is 16.0 Å². The van der Waals surface area contributed by atoms with Crippen molar-refractivity contribution in [2.75, 3.05) is 13.2 Å². The highest BCUT2D eigenvalue weighted by atomic mass is 35.5. The summed E-state index contributed by atoms with van der Waals surface area (Å²) in [6.45, 7) is 6.53. The van der Waals surface area contributed by atoms with Crippen LogP contribution in [0.2, 0.25) is 5.02 Å². The van der Waals surface area contributed by atoms with E-state index in [1.165, 1.54) is 25.1 Å². The van der Waals surface area contributed by atoms with E-state index in [1.807, 2.05) is 0 Å². The van der Waals surface area contributed by atoms with Gasteiger partial charge in [0.1, 0.15) is 5.82 Å². The van der Waals surface area contributed by atoms with Crippen molar-refractivity contribution in [3.8, 4) is 0 Å². The van der Waals surface area contributed by atoms with E-state index in [0.29, 0.717) is 0 Å². The number of aliphatic hydroxyl groups is 1. The molecule has 0 radical (unpaired) electrons. The summed E-state index contributed by atoms with van der Waals surface area (Å²) in [4.78, 5) is 32.9. The lowest BCUT2D eigenvalue weighted by Crippen LogP contribution is -2.32. The number of rotatable bonds is 9. The molecule has 1 N–H and O–H groups in total. The van der Waals surface area contributed by atoms with E-state index in [2.05, 4.69) is 9.98 Å². The van der Waals surface area contributed by atoms with Gasteiger partial charge in [0, 0.05) is 18.2 Å². The number of nitrogens with zero attached hydrogens (tertiary/aromatic N) is 2. The van der Waals surface area contributed by atoms with Gasteiger partial charge in [-0.15, -0.1) is 0 Å². The molecule has 2 atom stereocenters. The molecule has 10 heteroatoms. The quantitative estimate of drug-likeness (QED) is 0.180. The van der Waals surface area contributed by atoms with Crippen molar-refractivity contribution in [1.82, 2.24) is 4.98 Å². The molecule has 0 aliphatic heterocycles.